The second-order valence-electron chi connectivity index (χ2n) is 5.16. The summed E-state index contributed by atoms with van der Waals surface area (Å²) < 4.78 is 7.26. The average molecular weight is 309 g/mol. The molecular formula is C17H19N5O. The standard InChI is InChI=1S/C17H19N5O/c1-3-4-9-22-14(10-12-5-7-13(23-2)8-6-12)21-15-16(18)19-11-20-17(15)22/h3-8,11H,9-10H2,1-2H3,(H2,18,19,20)/b4-3+. The molecule has 3 rings (SSSR count). The molecule has 0 fully saturated rings. The van der Waals surface area contributed by atoms with Gasteiger partial charge in [-0.15, -0.1) is 0 Å². The number of methoxy groups -OCH3 is 1. The van der Waals surface area contributed by atoms with E-state index in [1.54, 1.807) is 7.11 Å². The first-order chi connectivity index (χ1) is 11.2. The molecule has 0 saturated carbocycles. The number of anilines is 1. The van der Waals surface area contributed by atoms with Gasteiger partial charge in [0.2, 0.25) is 0 Å². The third kappa shape index (κ3) is 3.01. The van der Waals surface area contributed by atoms with Gasteiger partial charge in [-0.3, -0.25) is 0 Å². The molecule has 0 aliphatic carbocycles. The van der Waals surface area contributed by atoms with Crippen molar-refractivity contribution in [3.8, 4) is 5.75 Å². The van der Waals surface area contributed by atoms with Crippen LogP contribution in [0.25, 0.3) is 11.2 Å². The molecule has 6 nitrogen and oxygen atoms in total. The maximum Gasteiger partial charge on any atom is 0.165 e. The van der Waals surface area contributed by atoms with E-state index in [-0.39, 0.29) is 0 Å². The molecule has 6 heteroatoms. The van der Waals surface area contributed by atoms with Crippen molar-refractivity contribution in [2.45, 2.75) is 19.9 Å². The molecule has 1 aromatic carbocycles. The minimum Gasteiger partial charge on any atom is -0.497 e. The van der Waals surface area contributed by atoms with Crippen molar-refractivity contribution in [1.82, 2.24) is 19.5 Å². The number of imidazole rings is 1. The fourth-order valence-electron chi connectivity index (χ4n) is 2.46. The van der Waals surface area contributed by atoms with Crippen molar-refractivity contribution in [1.29, 1.82) is 0 Å². The largest absolute Gasteiger partial charge is 0.497 e. The molecule has 0 unspecified atom stereocenters. The lowest BCUT2D eigenvalue weighted by molar-refractivity contribution is 0.414. The molecule has 0 saturated heterocycles. The Morgan fingerprint density at radius 1 is 1.22 bits per heavy atom. The molecule has 0 aliphatic rings. The van der Waals surface area contributed by atoms with Crippen molar-refractivity contribution in [2.24, 2.45) is 0 Å². The zero-order valence-corrected chi connectivity index (χ0v) is 13.2. The molecule has 23 heavy (non-hydrogen) atoms. The number of aromatic nitrogens is 4. The smallest absolute Gasteiger partial charge is 0.165 e. The predicted octanol–water partition coefficient (Wildman–Crippen LogP) is 2.58. The van der Waals surface area contributed by atoms with Crippen molar-refractivity contribution in [3.63, 3.8) is 0 Å². The third-order valence-electron chi connectivity index (χ3n) is 3.68. The van der Waals surface area contributed by atoms with E-state index in [2.05, 4.69) is 25.6 Å². The number of ether oxygens (including phenoxy) is 1. The highest BCUT2D eigenvalue weighted by molar-refractivity contribution is 5.81. The summed E-state index contributed by atoms with van der Waals surface area (Å²) in [4.78, 5) is 13.0. The van der Waals surface area contributed by atoms with Crippen LogP contribution in [0.2, 0.25) is 0 Å². The van der Waals surface area contributed by atoms with E-state index in [1.807, 2.05) is 37.3 Å². The van der Waals surface area contributed by atoms with Gasteiger partial charge in [-0.05, 0) is 24.6 Å². The summed E-state index contributed by atoms with van der Waals surface area (Å²) in [5.41, 5.74) is 8.50. The Kier molecular flexibility index (Phi) is 4.23. The van der Waals surface area contributed by atoms with Gasteiger partial charge >= 0.3 is 0 Å². The molecule has 2 N–H and O–H groups in total. The van der Waals surface area contributed by atoms with E-state index < -0.39 is 0 Å². The van der Waals surface area contributed by atoms with E-state index in [0.717, 1.165) is 22.8 Å². The van der Waals surface area contributed by atoms with Crippen LogP contribution >= 0.6 is 0 Å². The molecular weight excluding hydrogens is 290 g/mol. The van der Waals surface area contributed by atoms with Crippen LogP contribution < -0.4 is 10.5 Å². The van der Waals surface area contributed by atoms with E-state index in [4.69, 9.17) is 10.5 Å². The molecule has 2 aromatic heterocycles. The summed E-state index contributed by atoms with van der Waals surface area (Å²) in [7, 11) is 1.66. The fourth-order valence-corrected chi connectivity index (χ4v) is 2.46. The van der Waals surface area contributed by atoms with Crippen molar-refractivity contribution in [3.05, 3.63) is 54.1 Å². The second kappa shape index (κ2) is 6.48. The number of fused-ring (bicyclic) bond motifs is 1. The Labute approximate surface area is 134 Å². The van der Waals surface area contributed by atoms with Crippen molar-refractivity contribution < 1.29 is 4.74 Å². The average Bonchev–Trinajstić information content (AvgIpc) is 2.92. The number of hydrogen-bond acceptors (Lipinski definition) is 5. The molecule has 0 atom stereocenters. The van der Waals surface area contributed by atoms with Crippen LogP contribution in [0, 0.1) is 0 Å². The Balaban J connectivity index is 2.02. The molecule has 118 valence electrons. The Morgan fingerprint density at radius 3 is 2.70 bits per heavy atom. The molecule has 0 bridgehead atoms. The van der Waals surface area contributed by atoms with Crippen LogP contribution in [-0.2, 0) is 13.0 Å². The topological polar surface area (TPSA) is 78.9 Å². The Hall–Kier alpha value is -2.89. The number of nitrogens with zero attached hydrogens (tertiary/aromatic N) is 4. The number of allylic oxidation sites excluding steroid dienone is 2. The molecule has 0 amide bonds. The maximum atomic E-state index is 5.94. The summed E-state index contributed by atoms with van der Waals surface area (Å²) in [6.07, 6.45) is 6.24. The maximum absolute atomic E-state index is 5.94. The van der Waals surface area contributed by atoms with Gasteiger partial charge in [0.25, 0.3) is 0 Å². The zero-order valence-electron chi connectivity index (χ0n) is 13.2. The number of benzene rings is 1. The number of rotatable bonds is 5. The first kappa shape index (κ1) is 15.0. The highest BCUT2D eigenvalue weighted by Crippen LogP contribution is 2.21. The number of hydrogen-bond donors (Lipinski definition) is 1. The summed E-state index contributed by atoms with van der Waals surface area (Å²) in [6.45, 7) is 2.69. The van der Waals surface area contributed by atoms with Gasteiger partial charge in [0.1, 0.15) is 17.9 Å². The molecule has 2 heterocycles. The van der Waals surface area contributed by atoms with Gasteiger partial charge in [0, 0.05) is 13.0 Å². The highest BCUT2D eigenvalue weighted by atomic mass is 16.5. The normalized spacial score (nSPS) is 11.4. The van der Waals surface area contributed by atoms with Gasteiger partial charge in [0.15, 0.2) is 17.0 Å². The second-order valence-corrected chi connectivity index (χ2v) is 5.16. The fraction of sp³-hybridized carbons (Fsp3) is 0.235. The van der Waals surface area contributed by atoms with E-state index in [1.165, 1.54) is 6.33 Å². The molecule has 0 aliphatic heterocycles. The van der Waals surface area contributed by atoms with Crippen LogP contribution in [0.5, 0.6) is 5.75 Å². The van der Waals surface area contributed by atoms with Crippen LogP contribution in [0.3, 0.4) is 0 Å². The SMILES string of the molecule is C/C=C/Cn1c(Cc2ccc(OC)cc2)nc2c(N)ncnc21. The van der Waals surface area contributed by atoms with Crippen LogP contribution in [0.15, 0.2) is 42.7 Å². The van der Waals surface area contributed by atoms with Crippen molar-refractivity contribution in [2.75, 3.05) is 12.8 Å². The minimum absolute atomic E-state index is 0.408. The number of nitrogens with two attached hydrogens (primary N) is 1. The monoisotopic (exact) mass is 309 g/mol. The molecule has 3 aromatic rings. The van der Waals surface area contributed by atoms with E-state index in [0.29, 0.717) is 24.3 Å². The lowest BCUT2D eigenvalue weighted by Gasteiger charge is -2.07. The van der Waals surface area contributed by atoms with Gasteiger partial charge in [-0.1, -0.05) is 24.3 Å². The highest BCUT2D eigenvalue weighted by Gasteiger charge is 2.14. The number of nitrogen functional groups attached to an aromatic ring is 1. The summed E-state index contributed by atoms with van der Waals surface area (Å²) in [5, 5.41) is 0. The van der Waals surface area contributed by atoms with Gasteiger partial charge in [-0.2, -0.15) is 0 Å². The molecule has 0 spiro atoms. The van der Waals surface area contributed by atoms with Gasteiger partial charge < -0.3 is 15.0 Å². The van der Waals surface area contributed by atoms with Crippen LogP contribution in [0.4, 0.5) is 5.82 Å². The summed E-state index contributed by atoms with van der Waals surface area (Å²) in [6, 6.07) is 7.96. The quantitative estimate of drug-likeness (QED) is 0.733. The van der Waals surface area contributed by atoms with Crippen molar-refractivity contribution >= 4 is 17.0 Å². The first-order valence-corrected chi connectivity index (χ1v) is 7.42. The summed E-state index contributed by atoms with van der Waals surface area (Å²) >= 11 is 0. The Bertz CT molecular complexity index is 836. The van der Waals surface area contributed by atoms with Gasteiger partial charge in [0.05, 0.1) is 7.11 Å². The van der Waals surface area contributed by atoms with Crippen LogP contribution in [0.1, 0.15) is 18.3 Å². The molecule has 0 radical (unpaired) electrons. The Morgan fingerprint density at radius 2 is 2.00 bits per heavy atom. The summed E-state index contributed by atoms with van der Waals surface area (Å²) in [5.74, 6) is 2.16. The third-order valence-corrected chi connectivity index (χ3v) is 3.68. The minimum atomic E-state index is 0.408. The van der Waals surface area contributed by atoms with Gasteiger partial charge in [-0.25, -0.2) is 15.0 Å². The zero-order chi connectivity index (χ0) is 16.2. The predicted molar refractivity (Wildman–Crippen MR) is 90.3 cm³/mol. The van der Waals surface area contributed by atoms with Crippen LogP contribution in [-0.4, -0.2) is 26.6 Å². The van der Waals surface area contributed by atoms with E-state index in [9.17, 15) is 0 Å². The lowest BCUT2D eigenvalue weighted by Crippen LogP contribution is -2.04. The lowest BCUT2D eigenvalue weighted by atomic mass is 10.1. The first-order valence-electron chi connectivity index (χ1n) is 7.42. The van der Waals surface area contributed by atoms with E-state index >= 15 is 0 Å².